The maximum absolute atomic E-state index is 12.6. The summed E-state index contributed by atoms with van der Waals surface area (Å²) in [5.41, 5.74) is 0.551. The first-order valence-corrected chi connectivity index (χ1v) is 12.8. The van der Waals surface area contributed by atoms with Crippen molar-refractivity contribution >= 4 is 40.1 Å². The minimum atomic E-state index is -0.550. The standard InChI is InChI=1S/C26H27ClN4O4S/c1-3-5-10-24-30-31-26(36-24)29-25(32)19(17-28)15-18-11-12-22(23(16-18)33-4-2)35-14-13-34-21-9-7-6-8-20(21)27/h6-9,11-12,15-16H,3-5,10,13-14H2,1-2H3,(H,29,31,32). The second-order valence-electron chi connectivity index (χ2n) is 7.49. The van der Waals surface area contributed by atoms with Crippen molar-refractivity contribution in [1.82, 2.24) is 10.2 Å². The van der Waals surface area contributed by atoms with Crippen molar-refractivity contribution in [2.45, 2.75) is 33.1 Å². The van der Waals surface area contributed by atoms with Gasteiger partial charge in [-0.15, -0.1) is 10.2 Å². The summed E-state index contributed by atoms with van der Waals surface area (Å²) >= 11 is 7.41. The first kappa shape index (κ1) is 27.0. The van der Waals surface area contributed by atoms with Crippen LogP contribution in [0.4, 0.5) is 5.13 Å². The van der Waals surface area contributed by atoms with E-state index in [0.29, 0.717) is 46.2 Å². The molecular weight excluding hydrogens is 500 g/mol. The summed E-state index contributed by atoms with van der Waals surface area (Å²) in [5.74, 6) is 1.05. The number of unbranched alkanes of at least 4 members (excludes halogenated alkanes) is 1. The van der Waals surface area contributed by atoms with Crippen LogP contribution in [-0.4, -0.2) is 35.9 Å². The third-order valence-electron chi connectivity index (χ3n) is 4.81. The molecule has 1 amide bonds. The molecule has 1 heterocycles. The van der Waals surface area contributed by atoms with E-state index in [2.05, 4.69) is 22.4 Å². The molecule has 2 aromatic carbocycles. The van der Waals surface area contributed by atoms with E-state index < -0.39 is 5.91 Å². The molecule has 0 aliphatic rings. The minimum Gasteiger partial charge on any atom is -0.490 e. The van der Waals surface area contributed by atoms with Gasteiger partial charge in [0.1, 0.15) is 35.6 Å². The van der Waals surface area contributed by atoms with E-state index in [-0.39, 0.29) is 12.2 Å². The average molecular weight is 527 g/mol. The summed E-state index contributed by atoms with van der Waals surface area (Å²) in [7, 11) is 0. The smallest absolute Gasteiger partial charge is 0.268 e. The highest BCUT2D eigenvalue weighted by molar-refractivity contribution is 7.15. The first-order valence-electron chi connectivity index (χ1n) is 11.6. The van der Waals surface area contributed by atoms with Gasteiger partial charge in [0.25, 0.3) is 5.91 Å². The van der Waals surface area contributed by atoms with Crippen molar-refractivity contribution in [2.24, 2.45) is 0 Å². The molecule has 188 valence electrons. The van der Waals surface area contributed by atoms with Gasteiger partial charge in [0.2, 0.25) is 5.13 Å². The van der Waals surface area contributed by atoms with E-state index in [0.717, 1.165) is 24.3 Å². The van der Waals surface area contributed by atoms with Crippen LogP contribution < -0.4 is 19.5 Å². The lowest BCUT2D eigenvalue weighted by Gasteiger charge is -2.13. The molecule has 0 aliphatic carbocycles. The molecule has 0 atom stereocenters. The number of carbonyl (C=O) groups is 1. The van der Waals surface area contributed by atoms with E-state index >= 15 is 0 Å². The molecule has 0 aliphatic heterocycles. The highest BCUT2D eigenvalue weighted by Gasteiger charge is 2.14. The van der Waals surface area contributed by atoms with Crippen molar-refractivity contribution in [3.8, 4) is 23.3 Å². The Kier molecular flexibility index (Phi) is 10.5. The van der Waals surface area contributed by atoms with Crippen LogP contribution in [-0.2, 0) is 11.2 Å². The number of nitriles is 1. The third-order valence-corrected chi connectivity index (χ3v) is 6.02. The van der Waals surface area contributed by atoms with Crippen molar-refractivity contribution < 1.29 is 19.0 Å². The van der Waals surface area contributed by atoms with Gasteiger partial charge in [-0.05, 0) is 49.2 Å². The zero-order valence-corrected chi connectivity index (χ0v) is 21.7. The van der Waals surface area contributed by atoms with Gasteiger partial charge >= 0.3 is 0 Å². The SMILES string of the molecule is CCCCc1nnc(NC(=O)C(C#N)=Cc2ccc(OCCOc3ccccc3Cl)c(OCC)c2)s1. The number of carbonyl (C=O) groups excluding carboxylic acids is 1. The zero-order chi connectivity index (χ0) is 25.8. The molecule has 0 spiro atoms. The number of para-hydroxylation sites is 1. The van der Waals surface area contributed by atoms with Crippen LogP contribution in [0.3, 0.4) is 0 Å². The van der Waals surface area contributed by atoms with E-state index in [1.807, 2.05) is 25.1 Å². The van der Waals surface area contributed by atoms with Crippen LogP contribution in [0.25, 0.3) is 6.08 Å². The fourth-order valence-corrected chi connectivity index (χ4v) is 4.05. The molecule has 1 N–H and O–H groups in total. The maximum Gasteiger partial charge on any atom is 0.268 e. The van der Waals surface area contributed by atoms with Gasteiger partial charge in [-0.1, -0.05) is 54.5 Å². The van der Waals surface area contributed by atoms with Gasteiger partial charge in [0, 0.05) is 6.42 Å². The normalized spacial score (nSPS) is 11.0. The molecule has 0 fully saturated rings. The maximum atomic E-state index is 12.6. The van der Waals surface area contributed by atoms with Crippen molar-refractivity contribution in [3.63, 3.8) is 0 Å². The van der Waals surface area contributed by atoms with Gasteiger partial charge in [-0.25, -0.2) is 0 Å². The monoisotopic (exact) mass is 526 g/mol. The first-order chi connectivity index (χ1) is 17.5. The minimum absolute atomic E-state index is 0.0652. The van der Waals surface area contributed by atoms with E-state index in [9.17, 15) is 10.1 Å². The summed E-state index contributed by atoms with van der Waals surface area (Å²) in [5, 5.41) is 22.0. The molecule has 36 heavy (non-hydrogen) atoms. The van der Waals surface area contributed by atoms with Crippen LogP contribution in [0.2, 0.25) is 5.02 Å². The molecule has 3 aromatic rings. The fraction of sp³-hybridized carbons (Fsp3) is 0.308. The van der Waals surface area contributed by atoms with Gasteiger partial charge < -0.3 is 14.2 Å². The molecule has 1 aromatic heterocycles. The molecule has 8 nitrogen and oxygen atoms in total. The predicted octanol–water partition coefficient (Wildman–Crippen LogP) is 5.94. The lowest BCUT2D eigenvalue weighted by Crippen LogP contribution is -2.13. The summed E-state index contributed by atoms with van der Waals surface area (Å²) < 4.78 is 17.2. The van der Waals surface area contributed by atoms with Crippen molar-refractivity contribution in [3.05, 3.63) is 63.6 Å². The molecular formula is C26H27ClN4O4S. The summed E-state index contributed by atoms with van der Waals surface area (Å²) in [4.78, 5) is 12.6. The number of aryl methyl sites for hydroxylation is 1. The topological polar surface area (TPSA) is 106 Å². The Balaban J connectivity index is 1.64. The Morgan fingerprint density at radius 2 is 1.86 bits per heavy atom. The Morgan fingerprint density at radius 1 is 1.08 bits per heavy atom. The van der Waals surface area contributed by atoms with Crippen LogP contribution >= 0.6 is 22.9 Å². The van der Waals surface area contributed by atoms with Crippen molar-refractivity contribution in [2.75, 3.05) is 25.1 Å². The lowest BCUT2D eigenvalue weighted by molar-refractivity contribution is -0.112. The zero-order valence-electron chi connectivity index (χ0n) is 20.1. The molecule has 0 bridgehead atoms. The largest absolute Gasteiger partial charge is 0.490 e. The summed E-state index contributed by atoms with van der Waals surface area (Å²) in [6.45, 7) is 4.94. The summed E-state index contributed by atoms with van der Waals surface area (Å²) in [6, 6.07) is 14.3. The molecule has 0 saturated carbocycles. The summed E-state index contributed by atoms with van der Waals surface area (Å²) in [6.07, 6.45) is 4.35. The fourth-order valence-electron chi connectivity index (χ4n) is 3.08. The second-order valence-corrected chi connectivity index (χ2v) is 8.96. The van der Waals surface area contributed by atoms with Crippen LogP contribution in [0, 0.1) is 11.3 Å². The third kappa shape index (κ3) is 7.97. The number of ether oxygens (including phenoxy) is 3. The number of aromatic nitrogens is 2. The molecule has 0 unspecified atom stereocenters. The van der Waals surface area contributed by atoms with Gasteiger partial charge in [0.05, 0.1) is 11.6 Å². The van der Waals surface area contributed by atoms with Crippen LogP contribution in [0.15, 0.2) is 48.0 Å². The number of rotatable bonds is 13. The van der Waals surface area contributed by atoms with Crippen LogP contribution in [0.1, 0.15) is 37.3 Å². The van der Waals surface area contributed by atoms with E-state index in [4.69, 9.17) is 25.8 Å². The number of hydrogen-bond donors (Lipinski definition) is 1. The molecule has 3 rings (SSSR count). The second kappa shape index (κ2) is 14.1. The average Bonchev–Trinajstić information content (AvgIpc) is 3.33. The number of benzene rings is 2. The Labute approximate surface area is 219 Å². The Hall–Kier alpha value is -3.61. The number of nitrogens with zero attached hydrogens (tertiary/aromatic N) is 3. The number of anilines is 1. The highest BCUT2D eigenvalue weighted by atomic mass is 35.5. The Morgan fingerprint density at radius 3 is 2.58 bits per heavy atom. The number of halogens is 1. The van der Waals surface area contributed by atoms with Gasteiger partial charge in [0.15, 0.2) is 11.5 Å². The number of hydrogen-bond acceptors (Lipinski definition) is 8. The van der Waals surface area contributed by atoms with E-state index in [1.165, 1.54) is 17.4 Å². The van der Waals surface area contributed by atoms with E-state index in [1.54, 1.807) is 30.3 Å². The predicted molar refractivity (Wildman–Crippen MR) is 141 cm³/mol. The van der Waals surface area contributed by atoms with Crippen molar-refractivity contribution in [1.29, 1.82) is 5.26 Å². The van der Waals surface area contributed by atoms with Gasteiger partial charge in [-0.2, -0.15) is 5.26 Å². The quantitative estimate of drug-likeness (QED) is 0.167. The molecule has 0 radical (unpaired) electrons. The van der Waals surface area contributed by atoms with Crippen LogP contribution in [0.5, 0.6) is 17.2 Å². The highest BCUT2D eigenvalue weighted by Crippen LogP contribution is 2.30. The molecule has 10 heteroatoms. The Bertz CT molecular complexity index is 1240. The lowest BCUT2D eigenvalue weighted by atomic mass is 10.1. The number of amides is 1. The number of nitrogens with one attached hydrogen (secondary N) is 1. The van der Waals surface area contributed by atoms with Gasteiger partial charge in [-0.3, -0.25) is 10.1 Å². The molecule has 0 saturated heterocycles.